The minimum absolute atomic E-state index is 0.117. The Kier molecular flexibility index (Phi) is 9.92. The van der Waals surface area contributed by atoms with Gasteiger partial charge in [0.25, 0.3) is 5.91 Å². The van der Waals surface area contributed by atoms with E-state index in [0.717, 1.165) is 6.07 Å². The zero-order valence-corrected chi connectivity index (χ0v) is 18.1. The second-order valence-corrected chi connectivity index (χ2v) is 6.78. The van der Waals surface area contributed by atoms with Crippen LogP contribution in [0.25, 0.3) is 11.4 Å². The van der Waals surface area contributed by atoms with Crippen molar-refractivity contribution in [2.75, 3.05) is 0 Å². The van der Waals surface area contributed by atoms with Gasteiger partial charge < -0.3 is 11.5 Å². The summed E-state index contributed by atoms with van der Waals surface area (Å²) in [5.74, 6) is -2.05. The van der Waals surface area contributed by atoms with E-state index in [1.807, 2.05) is 0 Å². The third-order valence-electron chi connectivity index (χ3n) is 3.72. The quantitative estimate of drug-likeness (QED) is 0.442. The molecule has 0 fully saturated rings. The number of guanidine groups is 1. The molecular formula is C23H26ClF2N3O. The molecule has 0 bridgehead atoms. The number of hydrogen-bond acceptors (Lipinski definition) is 1. The minimum Gasteiger partial charge on any atom is -0.370 e. The van der Waals surface area contributed by atoms with Gasteiger partial charge in [0.15, 0.2) is 5.96 Å². The zero-order valence-electron chi connectivity index (χ0n) is 17.3. The van der Waals surface area contributed by atoms with Gasteiger partial charge in [-0.2, -0.15) is 4.99 Å². The summed E-state index contributed by atoms with van der Waals surface area (Å²) in [4.78, 5) is 15.6. The monoisotopic (exact) mass is 433 g/mol. The van der Waals surface area contributed by atoms with E-state index in [1.165, 1.54) is 42.8 Å². The molecule has 4 nitrogen and oxygen atoms in total. The van der Waals surface area contributed by atoms with E-state index in [9.17, 15) is 13.6 Å². The number of aliphatic imine (C=N–C) groups is 1. The number of amides is 1. The molecule has 0 saturated carbocycles. The van der Waals surface area contributed by atoms with Gasteiger partial charge in [0.1, 0.15) is 11.6 Å². The van der Waals surface area contributed by atoms with Crippen LogP contribution in [0, 0.1) is 5.82 Å². The molecule has 30 heavy (non-hydrogen) atoms. The van der Waals surface area contributed by atoms with Crippen molar-refractivity contribution in [3.63, 3.8) is 0 Å². The Balaban J connectivity index is 0.00000141. The Morgan fingerprint density at radius 3 is 2.23 bits per heavy atom. The summed E-state index contributed by atoms with van der Waals surface area (Å²) in [5.41, 5.74) is 11.9. The van der Waals surface area contributed by atoms with Gasteiger partial charge in [-0.1, -0.05) is 51.4 Å². The average Bonchev–Trinajstić information content (AvgIpc) is 2.67. The van der Waals surface area contributed by atoms with Crippen molar-refractivity contribution in [1.82, 2.24) is 0 Å². The summed E-state index contributed by atoms with van der Waals surface area (Å²) >= 11 is 6.11. The second kappa shape index (κ2) is 11.9. The molecule has 0 heterocycles. The fraction of sp³-hybridized carbons (Fsp3) is 0.217. The first kappa shape index (κ1) is 25.0. The van der Waals surface area contributed by atoms with Crippen LogP contribution in [-0.2, 0) is 0 Å². The van der Waals surface area contributed by atoms with E-state index in [2.05, 4.69) is 25.4 Å². The molecule has 0 aliphatic rings. The van der Waals surface area contributed by atoms with Crippen molar-refractivity contribution in [1.29, 1.82) is 0 Å². The van der Waals surface area contributed by atoms with Gasteiger partial charge in [-0.05, 0) is 54.0 Å². The molecule has 0 spiro atoms. The number of benzene rings is 2. The van der Waals surface area contributed by atoms with Gasteiger partial charge in [0.05, 0.1) is 5.02 Å². The fourth-order valence-corrected chi connectivity index (χ4v) is 2.77. The molecule has 0 unspecified atom stereocenters. The van der Waals surface area contributed by atoms with Gasteiger partial charge in [0.2, 0.25) is 0 Å². The van der Waals surface area contributed by atoms with Crippen molar-refractivity contribution in [3.8, 4) is 0 Å². The first-order valence-electron chi connectivity index (χ1n) is 9.44. The highest BCUT2D eigenvalue weighted by molar-refractivity contribution is 6.32. The average molecular weight is 434 g/mol. The lowest BCUT2D eigenvalue weighted by molar-refractivity contribution is 0.100. The van der Waals surface area contributed by atoms with Crippen LogP contribution in [0.3, 0.4) is 0 Å². The van der Waals surface area contributed by atoms with Gasteiger partial charge in [0, 0.05) is 16.7 Å². The molecule has 0 atom stereocenters. The van der Waals surface area contributed by atoms with Crippen LogP contribution in [0.2, 0.25) is 5.02 Å². The number of carbonyl (C=O) groups excluding carboxylic acids is 1. The molecule has 2 aromatic rings. The molecule has 0 aromatic heterocycles. The number of halogens is 3. The lowest BCUT2D eigenvalue weighted by Crippen LogP contribution is -2.24. The van der Waals surface area contributed by atoms with Crippen molar-refractivity contribution >= 4 is 34.9 Å². The third-order valence-corrected chi connectivity index (χ3v) is 4.03. The fourth-order valence-electron chi connectivity index (χ4n) is 2.49. The molecule has 7 heteroatoms. The number of hydrogen-bond donors (Lipinski definition) is 2. The number of nitrogens with zero attached hydrogens (tertiary/aromatic N) is 1. The van der Waals surface area contributed by atoms with E-state index < -0.39 is 17.6 Å². The molecule has 1 amide bonds. The molecular weight excluding hydrogens is 408 g/mol. The summed E-state index contributed by atoms with van der Waals surface area (Å²) in [7, 11) is 0. The summed E-state index contributed by atoms with van der Waals surface area (Å²) in [5, 5.41) is 0.117. The molecule has 4 N–H and O–H groups in total. The van der Waals surface area contributed by atoms with E-state index in [-0.39, 0.29) is 22.1 Å². The highest BCUT2D eigenvalue weighted by atomic mass is 35.5. The number of carbonyl (C=O) groups is 1. The molecule has 0 aliphatic carbocycles. The molecule has 0 saturated heterocycles. The first-order chi connectivity index (χ1) is 14.2. The lowest BCUT2D eigenvalue weighted by atomic mass is 9.92. The van der Waals surface area contributed by atoms with Crippen LogP contribution in [-0.4, -0.2) is 11.9 Å². The van der Waals surface area contributed by atoms with Crippen molar-refractivity contribution in [2.24, 2.45) is 16.5 Å². The maximum Gasteiger partial charge on any atom is 0.280 e. The van der Waals surface area contributed by atoms with Crippen LogP contribution < -0.4 is 11.5 Å². The van der Waals surface area contributed by atoms with Crippen LogP contribution in [0.15, 0.2) is 54.0 Å². The van der Waals surface area contributed by atoms with Crippen LogP contribution in [0.5, 0.6) is 0 Å². The number of nitrogens with two attached hydrogens (primary N) is 2. The van der Waals surface area contributed by atoms with E-state index in [4.69, 9.17) is 23.1 Å². The lowest BCUT2D eigenvalue weighted by Gasteiger charge is -2.14. The van der Waals surface area contributed by atoms with Gasteiger partial charge >= 0.3 is 0 Å². The second-order valence-electron chi connectivity index (χ2n) is 6.37. The standard InChI is InChI=1S/C20H18ClF2N3O.C3H8/c1-3-4-18(23)15-7-5-12(19(27)26-20(24)25)9-16(15)11(2)14-8-6-13(22)10-17(14)21;1-3-2/h4-10H,2-3H2,1H3,(H4,24,25,26,27);3H2,1-2H3/b18-4+;. The Hall–Kier alpha value is -2.99. The maximum atomic E-state index is 14.6. The Labute approximate surface area is 181 Å². The maximum absolute atomic E-state index is 14.6. The van der Waals surface area contributed by atoms with Crippen LogP contribution in [0.4, 0.5) is 8.78 Å². The van der Waals surface area contributed by atoms with Gasteiger partial charge in [-0.3, -0.25) is 4.79 Å². The minimum atomic E-state index is -0.680. The normalized spacial score (nSPS) is 10.7. The SMILES string of the molecule is C=C(c1ccc(F)cc1Cl)c1cc(C(=O)N=C(N)N)ccc1/C(F)=C\CC.CCC. The topological polar surface area (TPSA) is 81.5 Å². The van der Waals surface area contributed by atoms with Gasteiger partial charge in [-0.15, -0.1) is 0 Å². The molecule has 160 valence electrons. The van der Waals surface area contributed by atoms with Crippen LogP contribution >= 0.6 is 11.6 Å². The summed E-state index contributed by atoms with van der Waals surface area (Å²) in [6.45, 7) is 10.00. The van der Waals surface area contributed by atoms with E-state index in [1.54, 1.807) is 6.92 Å². The predicted octanol–water partition coefficient (Wildman–Crippen LogP) is 6.09. The molecule has 0 aliphatic heterocycles. The number of allylic oxidation sites excluding steroid dienone is 1. The number of rotatable bonds is 5. The van der Waals surface area contributed by atoms with Crippen LogP contribution in [0.1, 0.15) is 60.7 Å². The summed E-state index contributed by atoms with van der Waals surface area (Å²) in [6, 6.07) is 8.07. The largest absolute Gasteiger partial charge is 0.370 e. The Bertz CT molecular complexity index is 980. The summed E-state index contributed by atoms with van der Waals surface area (Å²) in [6.07, 6.45) is 3.12. The highest BCUT2D eigenvalue weighted by Crippen LogP contribution is 2.34. The Morgan fingerprint density at radius 2 is 1.70 bits per heavy atom. The Morgan fingerprint density at radius 1 is 1.10 bits per heavy atom. The molecule has 2 aromatic carbocycles. The predicted molar refractivity (Wildman–Crippen MR) is 121 cm³/mol. The zero-order chi connectivity index (χ0) is 22.8. The van der Waals surface area contributed by atoms with E-state index in [0.29, 0.717) is 23.1 Å². The molecule has 2 rings (SSSR count). The van der Waals surface area contributed by atoms with E-state index >= 15 is 0 Å². The van der Waals surface area contributed by atoms with Crippen molar-refractivity contribution < 1.29 is 13.6 Å². The van der Waals surface area contributed by atoms with Gasteiger partial charge in [-0.25, -0.2) is 8.78 Å². The van der Waals surface area contributed by atoms with Crippen molar-refractivity contribution in [2.45, 2.75) is 33.6 Å². The van der Waals surface area contributed by atoms with Crippen molar-refractivity contribution in [3.05, 3.63) is 82.1 Å². The smallest absolute Gasteiger partial charge is 0.280 e. The summed E-state index contributed by atoms with van der Waals surface area (Å²) < 4.78 is 27.9. The highest BCUT2D eigenvalue weighted by Gasteiger charge is 2.17. The third kappa shape index (κ3) is 6.81. The molecule has 0 radical (unpaired) electrons. The first-order valence-corrected chi connectivity index (χ1v) is 9.82.